The van der Waals surface area contributed by atoms with Crippen LogP contribution in [0.5, 0.6) is 5.75 Å². The summed E-state index contributed by atoms with van der Waals surface area (Å²) in [5, 5.41) is 2.72. The van der Waals surface area contributed by atoms with Crippen LogP contribution in [0.4, 0.5) is 4.39 Å². The molecule has 0 saturated carbocycles. The number of oxazole rings is 1. The average molecular weight is 532 g/mol. The second kappa shape index (κ2) is 11.6. The molecule has 1 atom stereocenters. The molecule has 0 bridgehead atoms. The molecular weight excluding hydrogens is 501 g/mol. The van der Waals surface area contributed by atoms with Crippen LogP contribution in [0.1, 0.15) is 65.1 Å². The van der Waals surface area contributed by atoms with Crippen molar-refractivity contribution >= 4 is 11.8 Å². The molecule has 5 rings (SSSR count). The van der Waals surface area contributed by atoms with E-state index in [9.17, 15) is 14.0 Å². The minimum Gasteiger partial charge on any atom is -0.484 e. The van der Waals surface area contributed by atoms with Gasteiger partial charge < -0.3 is 23.8 Å². The molecule has 2 aromatic carbocycles. The second-order valence-corrected chi connectivity index (χ2v) is 9.93. The van der Waals surface area contributed by atoms with Crippen molar-refractivity contribution in [3.63, 3.8) is 0 Å². The fraction of sp³-hybridized carbons (Fsp3) is 0.300. The van der Waals surface area contributed by atoms with Crippen molar-refractivity contribution in [2.45, 2.75) is 45.9 Å². The van der Waals surface area contributed by atoms with Gasteiger partial charge in [0.15, 0.2) is 12.3 Å². The first-order chi connectivity index (χ1) is 18.9. The van der Waals surface area contributed by atoms with Gasteiger partial charge in [-0.2, -0.15) is 0 Å². The smallest absolute Gasteiger partial charge is 0.273 e. The van der Waals surface area contributed by atoms with E-state index in [4.69, 9.17) is 13.6 Å². The quantitative estimate of drug-likeness (QED) is 0.309. The van der Waals surface area contributed by atoms with Crippen LogP contribution >= 0.6 is 0 Å². The van der Waals surface area contributed by atoms with E-state index in [2.05, 4.69) is 10.3 Å². The van der Waals surface area contributed by atoms with Crippen LogP contribution in [-0.4, -0.2) is 28.2 Å². The molecule has 1 unspecified atom stereocenters. The lowest BCUT2D eigenvalue weighted by atomic mass is 9.87. The molecule has 8 nitrogen and oxygen atoms in total. The minimum atomic E-state index is -0.386. The second-order valence-electron chi connectivity index (χ2n) is 9.93. The number of aromatic nitrogens is 1. The average Bonchev–Trinajstić information content (AvgIpc) is 3.62. The molecule has 4 aromatic rings. The molecule has 1 aliphatic rings. The van der Waals surface area contributed by atoms with E-state index in [0.717, 1.165) is 16.7 Å². The van der Waals surface area contributed by atoms with E-state index >= 15 is 0 Å². The van der Waals surface area contributed by atoms with E-state index in [1.807, 2.05) is 36.9 Å². The number of hydrogen-bond acceptors (Lipinski definition) is 6. The number of nitrogens with zero attached hydrogens (tertiary/aromatic N) is 2. The lowest BCUT2D eigenvalue weighted by Crippen LogP contribution is -2.41. The summed E-state index contributed by atoms with van der Waals surface area (Å²) in [5.74, 6) is 1.02. The molecule has 9 heteroatoms. The van der Waals surface area contributed by atoms with E-state index in [0.29, 0.717) is 30.9 Å². The zero-order chi connectivity index (χ0) is 27.4. The Labute approximate surface area is 225 Å². The molecule has 2 amide bonds. The van der Waals surface area contributed by atoms with E-state index in [1.54, 1.807) is 24.3 Å². The number of fused-ring (bicyclic) bond motifs is 1. The third-order valence-corrected chi connectivity index (χ3v) is 6.58. The third-order valence-electron chi connectivity index (χ3n) is 6.58. The highest BCUT2D eigenvalue weighted by molar-refractivity contribution is 5.91. The lowest BCUT2D eigenvalue weighted by molar-refractivity contribution is -0.134. The van der Waals surface area contributed by atoms with Gasteiger partial charge in [-0.3, -0.25) is 9.59 Å². The lowest BCUT2D eigenvalue weighted by Gasteiger charge is -2.38. The summed E-state index contributed by atoms with van der Waals surface area (Å²) >= 11 is 0. The maximum absolute atomic E-state index is 13.7. The molecule has 0 fully saturated rings. The Bertz CT molecular complexity index is 1430. The fourth-order valence-corrected chi connectivity index (χ4v) is 4.72. The summed E-state index contributed by atoms with van der Waals surface area (Å²) < 4.78 is 30.3. The van der Waals surface area contributed by atoms with Gasteiger partial charge >= 0.3 is 0 Å². The van der Waals surface area contributed by atoms with Gasteiger partial charge in [0.2, 0.25) is 11.8 Å². The van der Waals surface area contributed by atoms with E-state index in [-0.39, 0.29) is 54.3 Å². The summed E-state index contributed by atoms with van der Waals surface area (Å²) in [6.45, 7) is 4.88. The van der Waals surface area contributed by atoms with Gasteiger partial charge in [0, 0.05) is 13.0 Å². The zero-order valence-corrected chi connectivity index (χ0v) is 21.9. The number of rotatable bonds is 9. The molecule has 0 radical (unpaired) electrons. The van der Waals surface area contributed by atoms with Crippen LogP contribution in [0, 0.1) is 11.7 Å². The maximum Gasteiger partial charge on any atom is 0.273 e. The first-order valence-electron chi connectivity index (χ1n) is 12.9. The number of furan rings is 1. The number of hydrogen-bond donors (Lipinski definition) is 1. The van der Waals surface area contributed by atoms with Crippen molar-refractivity contribution in [3.05, 3.63) is 107 Å². The SMILES string of the molecule is CC(C)CC(=O)N1CCc2ccc(OCc3nc(C(=O)NCc4ccco4)co3)cc2C1c1ccc(F)cc1. The molecule has 1 N–H and O–H groups in total. The Morgan fingerprint density at radius 3 is 2.72 bits per heavy atom. The molecule has 202 valence electrons. The van der Waals surface area contributed by atoms with Crippen LogP contribution in [0.3, 0.4) is 0 Å². The minimum absolute atomic E-state index is 0.0153. The third kappa shape index (κ3) is 6.19. The number of nitrogens with one attached hydrogen (secondary N) is 1. The van der Waals surface area contributed by atoms with E-state index in [1.165, 1.54) is 24.7 Å². The fourth-order valence-electron chi connectivity index (χ4n) is 4.72. The van der Waals surface area contributed by atoms with Crippen molar-refractivity contribution < 1.29 is 27.6 Å². The van der Waals surface area contributed by atoms with Gasteiger partial charge in [-0.15, -0.1) is 0 Å². The number of amides is 2. The largest absolute Gasteiger partial charge is 0.484 e. The van der Waals surface area contributed by atoms with Gasteiger partial charge in [0.1, 0.15) is 23.6 Å². The zero-order valence-electron chi connectivity index (χ0n) is 21.9. The Hall–Kier alpha value is -4.40. The predicted molar refractivity (Wildman–Crippen MR) is 140 cm³/mol. The summed E-state index contributed by atoms with van der Waals surface area (Å²) in [7, 11) is 0. The molecule has 3 heterocycles. The van der Waals surface area contributed by atoms with Crippen LogP contribution in [0.2, 0.25) is 0 Å². The molecule has 2 aromatic heterocycles. The van der Waals surface area contributed by atoms with Crippen molar-refractivity contribution in [2.75, 3.05) is 6.54 Å². The van der Waals surface area contributed by atoms with Crippen LogP contribution in [0.25, 0.3) is 0 Å². The van der Waals surface area contributed by atoms with Crippen molar-refractivity contribution in [2.24, 2.45) is 5.92 Å². The monoisotopic (exact) mass is 531 g/mol. The molecular formula is C30H30FN3O5. The normalized spacial score (nSPS) is 14.8. The van der Waals surface area contributed by atoms with Crippen molar-refractivity contribution in [3.8, 4) is 5.75 Å². The number of benzene rings is 2. The summed E-state index contributed by atoms with van der Waals surface area (Å²) in [6.07, 6.45) is 3.97. The van der Waals surface area contributed by atoms with Crippen LogP contribution < -0.4 is 10.1 Å². The Kier molecular flexibility index (Phi) is 7.76. The van der Waals surface area contributed by atoms with Crippen LogP contribution in [0.15, 0.2) is 76.0 Å². The number of carbonyl (C=O) groups is 2. The topological polar surface area (TPSA) is 97.8 Å². The molecule has 1 aliphatic heterocycles. The molecule has 0 saturated heterocycles. The van der Waals surface area contributed by atoms with Crippen molar-refractivity contribution in [1.82, 2.24) is 15.2 Å². The standard InChI is InChI=1S/C30H30FN3O5/c1-19(2)14-28(35)34-12-11-20-7-10-23(15-25(20)29(34)21-5-8-22(31)9-6-21)38-18-27-33-26(17-39-27)30(36)32-16-24-4-3-13-37-24/h3-10,13,15,17,19,29H,11-12,14,16,18H2,1-2H3,(H,32,36). The van der Waals surface area contributed by atoms with Gasteiger partial charge in [0.25, 0.3) is 5.91 Å². The predicted octanol–water partition coefficient (Wildman–Crippen LogP) is 5.44. The number of ether oxygens (including phenoxy) is 1. The first-order valence-corrected chi connectivity index (χ1v) is 12.9. The summed E-state index contributed by atoms with van der Waals surface area (Å²) in [5.41, 5.74) is 3.02. The molecule has 39 heavy (non-hydrogen) atoms. The molecule has 0 aliphatic carbocycles. The van der Waals surface area contributed by atoms with E-state index < -0.39 is 0 Å². The highest BCUT2D eigenvalue weighted by Gasteiger charge is 2.32. The number of halogens is 1. The highest BCUT2D eigenvalue weighted by Crippen LogP contribution is 2.38. The molecule has 0 spiro atoms. The van der Waals surface area contributed by atoms with Gasteiger partial charge in [-0.1, -0.05) is 32.0 Å². The van der Waals surface area contributed by atoms with Gasteiger partial charge in [0.05, 0.1) is 18.8 Å². The summed E-state index contributed by atoms with van der Waals surface area (Å²) in [6, 6.07) is 15.2. The number of carbonyl (C=O) groups excluding carboxylic acids is 2. The van der Waals surface area contributed by atoms with Crippen LogP contribution in [-0.2, 0) is 24.4 Å². The van der Waals surface area contributed by atoms with Gasteiger partial charge in [-0.05, 0) is 65.4 Å². The Morgan fingerprint density at radius 2 is 1.97 bits per heavy atom. The highest BCUT2D eigenvalue weighted by atomic mass is 19.1. The Morgan fingerprint density at radius 1 is 1.15 bits per heavy atom. The maximum atomic E-state index is 13.7. The Balaban J connectivity index is 1.32. The summed E-state index contributed by atoms with van der Waals surface area (Å²) in [4.78, 5) is 31.7. The van der Waals surface area contributed by atoms with Crippen molar-refractivity contribution in [1.29, 1.82) is 0 Å². The first kappa shape index (κ1) is 26.2. The van der Waals surface area contributed by atoms with Gasteiger partial charge in [-0.25, -0.2) is 9.37 Å².